The molecule has 10 atom stereocenters. The molecular weight excluding hydrogens is 646 g/mol. The lowest BCUT2D eigenvalue weighted by molar-refractivity contribution is -0.349. The number of amides is 1. The molecule has 3 heterocycles. The van der Waals surface area contributed by atoms with Crippen LogP contribution in [0.15, 0.2) is 0 Å². The molecule has 3 saturated heterocycles. The minimum atomic E-state index is -1.58. The van der Waals surface area contributed by atoms with Gasteiger partial charge in [-0.1, -0.05) is 0 Å². The number of hydrogen-bond donors (Lipinski definition) is 1. The van der Waals surface area contributed by atoms with Gasteiger partial charge < -0.3 is 57.4 Å². The molecule has 3 rings (SSSR count). The Kier molecular flexibility index (Phi) is 15.4. The Morgan fingerprint density at radius 1 is 0.667 bits per heavy atom. The Bertz CT molecular complexity index is 1130. The number of carbonyl (C=O) groups excluding carboxylic acids is 6. The van der Waals surface area contributed by atoms with Gasteiger partial charge in [-0.05, 0) is 19.3 Å². The molecule has 0 aromatic rings. The van der Waals surface area contributed by atoms with Crippen molar-refractivity contribution in [3.63, 3.8) is 0 Å². The van der Waals surface area contributed by atoms with Crippen molar-refractivity contribution in [1.82, 2.24) is 5.32 Å². The fraction of sp³-hybridized carbons (Fsp3) is 0.800. The van der Waals surface area contributed by atoms with E-state index in [4.69, 9.17) is 52.1 Å². The van der Waals surface area contributed by atoms with Crippen LogP contribution in [0.4, 0.5) is 0 Å². The lowest BCUT2D eigenvalue weighted by Crippen LogP contribution is -2.65. The second kappa shape index (κ2) is 18.9. The summed E-state index contributed by atoms with van der Waals surface area (Å²) in [6.45, 7) is 5.12. The summed E-state index contributed by atoms with van der Waals surface area (Å²) in [5, 5.41) is 2.41. The molecule has 0 aromatic carbocycles. The number of hydrogen-bond acceptors (Lipinski definition) is 17. The number of ether oxygens (including phenoxy) is 11. The molecule has 3 fully saturated rings. The highest BCUT2D eigenvalue weighted by Crippen LogP contribution is 2.34. The molecule has 0 aromatic heterocycles. The van der Waals surface area contributed by atoms with E-state index in [0.717, 1.165) is 40.5 Å². The lowest BCUT2D eigenvalue weighted by atomic mass is 9.97. The zero-order valence-electron chi connectivity index (χ0n) is 27.9. The molecule has 0 saturated carbocycles. The van der Waals surface area contributed by atoms with Crippen LogP contribution in [0.1, 0.15) is 60.3 Å². The van der Waals surface area contributed by atoms with Gasteiger partial charge in [-0.2, -0.15) is 0 Å². The Hall–Kier alpha value is -3.42. The van der Waals surface area contributed by atoms with Gasteiger partial charge in [0.05, 0.1) is 6.61 Å². The molecule has 18 heteroatoms. The molecule has 0 aliphatic carbocycles. The second-order valence-corrected chi connectivity index (χ2v) is 11.3. The van der Waals surface area contributed by atoms with Gasteiger partial charge in [0.2, 0.25) is 5.91 Å². The van der Waals surface area contributed by atoms with E-state index in [9.17, 15) is 28.8 Å². The van der Waals surface area contributed by atoms with Gasteiger partial charge in [-0.15, -0.1) is 0 Å². The third kappa shape index (κ3) is 12.2. The third-order valence-electron chi connectivity index (χ3n) is 7.30. The van der Waals surface area contributed by atoms with Gasteiger partial charge in [0, 0.05) is 54.7 Å². The molecule has 1 amide bonds. The summed E-state index contributed by atoms with van der Waals surface area (Å²) in [5.41, 5.74) is 0. The van der Waals surface area contributed by atoms with E-state index in [1.165, 1.54) is 14.0 Å². The molecule has 1 N–H and O–H groups in total. The maximum absolute atomic E-state index is 12.3. The number of carbonyl (C=O) groups is 6. The van der Waals surface area contributed by atoms with Crippen LogP contribution in [0.2, 0.25) is 0 Å². The van der Waals surface area contributed by atoms with E-state index in [1.807, 2.05) is 0 Å². The monoisotopic (exact) mass is 691 g/mol. The van der Waals surface area contributed by atoms with Crippen molar-refractivity contribution in [2.24, 2.45) is 0 Å². The summed E-state index contributed by atoms with van der Waals surface area (Å²) in [7, 11) is 1.42. The van der Waals surface area contributed by atoms with Gasteiger partial charge in [-0.3, -0.25) is 28.8 Å². The summed E-state index contributed by atoms with van der Waals surface area (Å²) in [4.78, 5) is 72.7. The summed E-state index contributed by atoms with van der Waals surface area (Å²) in [6.07, 6.45) is -10.2. The SMILES string of the molecule is CNC(=O)CO[C@H]1C[C@@H](OC(C)=O)[C@H](O[C@@H]2O[C@H](COC3CCCCO3)[C@H](OC(C)=O)[C@H](OC(C)=O)[C@H]2OC(C)=O)[C@@H](COC(C)=O)O1. The average molecular weight is 692 g/mol. The maximum atomic E-state index is 12.3. The van der Waals surface area contributed by atoms with Gasteiger partial charge >= 0.3 is 29.8 Å². The minimum Gasteiger partial charge on any atom is -0.463 e. The largest absolute Gasteiger partial charge is 0.463 e. The van der Waals surface area contributed by atoms with Crippen molar-refractivity contribution in [3.8, 4) is 0 Å². The van der Waals surface area contributed by atoms with E-state index in [-0.39, 0.29) is 13.0 Å². The van der Waals surface area contributed by atoms with Crippen LogP contribution in [0.25, 0.3) is 0 Å². The fourth-order valence-electron chi connectivity index (χ4n) is 5.37. The van der Waals surface area contributed by atoms with E-state index in [2.05, 4.69) is 5.32 Å². The molecule has 0 radical (unpaired) electrons. The molecule has 48 heavy (non-hydrogen) atoms. The highest BCUT2D eigenvalue weighted by Gasteiger charge is 2.55. The predicted molar refractivity (Wildman–Crippen MR) is 155 cm³/mol. The zero-order valence-corrected chi connectivity index (χ0v) is 27.9. The number of rotatable bonds is 14. The van der Waals surface area contributed by atoms with Crippen molar-refractivity contribution in [2.45, 2.75) is 122 Å². The summed E-state index contributed by atoms with van der Waals surface area (Å²) < 4.78 is 63.1. The van der Waals surface area contributed by atoms with Crippen LogP contribution in [-0.2, 0) is 80.9 Å². The van der Waals surface area contributed by atoms with Crippen LogP contribution in [0.3, 0.4) is 0 Å². The fourth-order valence-corrected chi connectivity index (χ4v) is 5.37. The van der Waals surface area contributed by atoms with Crippen LogP contribution in [0, 0.1) is 0 Å². The van der Waals surface area contributed by atoms with E-state index in [1.54, 1.807) is 0 Å². The van der Waals surface area contributed by atoms with Crippen molar-refractivity contribution in [2.75, 3.05) is 33.5 Å². The highest BCUT2D eigenvalue weighted by atomic mass is 16.8. The molecular formula is C30H45NO17. The van der Waals surface area contributed by atoms with Crippen LogP contribution in [0.5, 0.6) is 0 Å². The van der Waals surface area contributed by atoms with E-state index in [0.29, 0.717) is 13.0 Å². The first-order valence-corrected chi connectivity index (χ1v) is 15.6. The Morgan fingerprint density at radius 2 is 1.29 bits per heavy atom. The Labute approximate surface area is 277 Å². The zero-order chi connectivity index (χ0) is 35.4. The molecule has 18 nitrogen and oxygen atoms in total. The van der Waals surface area contributed by atoms with Crippen molar-refractivity contribution >= 4 is 35.8 Å². The average Bonchev–Trinajstić information content (AvgIpc) is 3.01. The van der Waals surface area contributed by atoms with E-state index < -0.39 is 111 Å². The smallest absolute Gasteiger partial charge is 0.303 e. The first-order chi connectivity index (χ1) is 22.8. The standard InChI is InChI=1S/C30H45NO17/c1-15(32)39-12-21-26(20(42-16(2)33)11-25(46-21)41-14-23(37)31-6)48-30-29(45-19(5)36)28(44-18(4)35)27(43-17(3)34)22(47-30)13-40-24-9-7-8-10-38-24/h20-22,24-30H,7-14H2,1-6H3,(H,31,37)/t20-,21-,22-,24?,25-,26+,27+,28+,29-,30+/m1/s1. The van der Waals surface area contributed by atoms with Crippen molar-refractivity contribution in [1.29, 1.82) is 0 Å². The lowest BCUT2D eigenvalue weighted by Gasteiger charge is -2.47. The van der Waals surface area contributed by atoms with Crippen molar-refractivity contribution < 1.29 is 80.9 Å². The number of likely N-dealkylation sites (N-methyl/N-ethyl adjacent to an activating group) is 1. The first kappa shape index (κ1) is 39.0. The number of esters is 5. The molecule has 3 aliphatic heterocycles. The third-order valence-corrected chi connectivity index (χ3v) is 7.30. The van der Waals surface area contributed by atoms with Crippen LogP contribution < -0.4 is 5.32 Å². The van der Waals surface area contributed by atoms with Gasteiger partial charge in [0.1, 0.15) is 37.6 Å². The normalized spacial score (nSPS) is 31.9. The van der Waals surface area contributed by atoms with Crippen LogP contribution in [-0.4, -0.2) is 131 Å². The molecule has 0 bridgehead atoms. The summed E-state index contributed by atoms with van der Waals surface area (Å²) in [6, 6.07) is 0. The summed E-state index contributed by atoms with van der Waals surface area (Å²) in [5.74, 6) is -4.20. The predicted octanol–water partition coefficient (Wildman–Crippen LogP) is -0.193. The van der Waals surface area contributed by atoms with Gasteiger partial charge in [0.25, 0.3) is 0 Å². The second-order valence-electron chi connectivity index (χ2n) is 11.3. The molecule has 1 unspecified atom stereocenters. The van der Waals surface area contributed by atoms with Gasteiger partial charge in [-0.25, -0.2) is 0 Å². The highest BCUT2D eigenvalue weighted by molar-refractivity contribution is 5.76. The summed E-state index contributed by atoms with van der Waals surface area (Å²) >= 11 is 0. The molecule has 3 aliphatic rings. The topological polar surface area (TPSA) is 216 Å². The Morgan fingerprint density at radius 3 is 1.88 bits per heavy atom. The Balaban J connectivity index is 2.00. The molecule has 272 valence electrons. The maximum Gasteiger partial charge on any atom is 0.303 e. The van der Waals surface area contributed by atoms with E-state index >= 15 is 0 Å². The first-order valence-electron chi connectivity index (χ1n) is 15.6. The quantitative estimate of drug-likeness (QED) is 0.184. The minimum absolute atomic E-state index is 0.141. The van der Waals surface area contributed by atoms with Gasteiger partial charge in [0.15, 0.2) is 37.2 Å². The number of nitrogens with one attached hydrogen (secondary N) is 1. The van der Waals surface area contributed by atoms with Crippen molar-refractivity contribution in [3.05, 3.63) is 0 Å². The molecule has 0 spiro atoms. The van der Waals surface area contributed by atoms with Crippen LogP contribution >= 0.6 is 0 Å².